The first-order valence-electron chi connectivity index (χ1n) is 10.8. The summed E-state index contributed by atoms with van der Waals surface area (Å²) in [6.07, 6.45) is 4.92. The minimum absolute atomic E-state index is 0.211. The fourth-order valence-corrected chi connectivity index (χ4v) is 4.96. The summed E-state index contributed by atoms with van der Waals surface area (Å²) >= 11 is 6.61. The van der Waals surface area contributed by atoms with Crippen LogP contribution in [0.3, 0.4) is 0 Å². The molecule has 3 aromatic rings. The van der Waals surface area contributed by atoms with Gasteiger partial charge in [-0.3, -0.25) is 0 Å². The molecule has 0 amide bonds. The van der Waals surface area contributed by atoms with E-state index in [0.717, 1.165) is 59.9 Å². The van der Waals surface area contributed by atoms with Crippen LogP contribution in [0.15, 0.2) is 39.5 Å². The molecule has 0 spiro atoms. The first-order valence-corrected chi connectivity index (χ1v) is 11.2. The summed E-state index contributed by atoms with van der Waals surface area (Å²) in [4.78, 5) is 14.8. The Kier molecular flexibility index (Phi) is 4.98. The number of fused-ring (bicyclic) bond motifs is 5. The number of nitrogens with zero attached hydrogens (tertiary/aromatic N) is 1. The predicted octanol–water partition coefficient (Wildman–Crippen LogP) is 6.20. The number of ether oxygens (including phenoxy) is 1. The normalized spacial score (nSPS) is 16.7. The molecule has 0 radical (unpaired) electrons. The molecule has 0 saturated carbocycles. The van der Waals surface area contributed by atoms with E-state index in [1.807, 2.05) is 6.07 Å². The molecule has 5 rings (SSSR count). The number of rotatable bonds is 3. The molecule has 2 heterocycles. The third-order valence-electron chi connectivity index (χ3n) is 6.67. The van der Waals surface area contributed by atoms with Gasteiger partial charge in [-0.05, 0) is 67.3 Å². The van der Waals surface area contributed by atoms with Crippen molar-refractivity contribution in [1.29, 1.82) is 0 Å². The van der Waals surface area contributed by atoms with Crippen molar-refractivity contribution < 1.29 is 9.15 Å². The highest BCUT2D eigenvalue weighted by Crippen LogP contribution is 2.41. The molecule has 1 aliphatic heterocycles. The maximum absolute atomic E-state index is 12.7. The van der Waals surface area contributed by atoms with E-state index in [1.165, 1.54) is 5.56 Å². The molecular weight excluding hydrogens is 398 g/mol. The summed E-state index contributed by atoms with van der Waals surface area (Å²) < 4.78 is 11.9. The molecule has 0 N–H and O–H groups in total. The van der Waals surface area contributed by atoms with Gasteiger partial charge in [0.05, 0.1) is 17.1 Å². The van der Waals surface area contributed by atoms with Gasteiger partial charge in [0.15, 0.2) is 6.73 Å². The highest BCUT2D eigenvalue weighted by molar-refractivity contribution is 6.33. The van der Waals surface area contributed by atoms with Crippen LogP contribution in [0, 0.1) is 0 Å². The van der Waals surface area contributed by atoms with Gasteiger partial charge in [-0.1, -0.05) is 37.6 Å². The standard InChI is InChI=1S/C25H26ClNO3/c1-3-15(2)16-8-10-17(11-9-16)27-13-21-23-20(12-22(26)24(21)29-14-27)18-6-4-5-7-19(18)25(28)30-23/h8-12,15H,3-7,13-14H2,1-2H3. The SMILES string of the molecule is CCC(C)c1ccc(N2COc3c(Cl)cc4c5c(c(=O)oc4c3C2)CCCC5)cc1. The van der Waals surface area contributed by atoms with E-state index in [0.29, 0.717) is 35.5 Å². The Bertz CT molecular complexity index is 1170. The Labute approximate surface area is 181 Å². The lowest BCUT2D eigenvalue weighted by Gasteiger charge is -2.32. The quantitative estimate of drug-likeness (QED) is 0.470. The number of aryl methyl sites for hydroxylation is 1. The first-order chi connectivity index (χ1) is 14.6. The highest BCUT2D eigenvalue weighted by atomic mass is 35.5. The van der Waals surface area contributed by atoms with Crippen LogP contribution in [0.5, 0.6) is 5.75 Å². The van der Waals surface area contributed by atoms with Gasteiger partial charge in [0.1, 0.15) is 11.3 Å². The van der Waals surface area contributed by atoms with Crippen LogP contribution in [0.2, 0.25) is 5.02 Å². The van der Waals surface area contributed by atoms with E-state index in [4.69, 9.17) is 20.8 Å². The van der Waals surface area contributed by atoms with E-state index in [9.17, 15) is 4.79 Å². The monoisotopic (exact) mass is 423 g/mol. The molecule has 1 aliphatic carbocycles. The third kappa shape index (κ3) is 3.18. The molecule has 1 aromatic heterocycles. The van der Waals surface area contributed by atoms with Gasteiger partial charge in [-0.2, -0.15) is 0 Å². The Morgan fingerprint density at radius 3 is 2.57 bits per heavy atom. The topological polar surface area (TPSA) is 42.7 Å². The molecular formula is C25H26ClNO3. The van der Waals surface area contributed by atoms with E-state index in [-0.39, 0.29) is 5.63 Å². The van der Waals surface area contributed by atoms with Crippen LogP contribution in [0.25, 0.3) is 11.0 Å². The lowest BCUT2D eigenvalue weighted by Crippen LogP contribution is -2.32. The molecule has 156 valence electrons. The molecule has 0 fully saturated rings. The maximum Gasteiger partial charge on any atom is 0.339 e. The second kappa shape index (κ2) is 7.66. The first kappa shape index (κ1) is 19.5. The van der Waals surface area contributed by atoms with Crippen molar-refractivity contribution in [2.75, 3.05) is 11.6 Å². The average molecular weight is 424 g/mol. The van der Waals surface area contributed by atoms with Crippen molar-refractivity contribution in [1.82, 2.24) is 0 Å². The van der Waals surface area contributed by atoms with Gasteiger partial charge >= 0.3 is 5.63 Å². The van der Waals surface area contributed by atoms with Gasteiger partial charge in [-0.15, -0.1) is 0 Å². The second-order valence-corrected chi connectivity index (χ2v) is 8.88. The van der Waals surface area contributed by atoms with E-state index in [1.54, 1.807) is 0 Å². The van der Waals surface area contributed by atoms with E-state index in [2.05, 4.69) is 43.0 Å². The summed E-state index contributed by atoms with van der Waals surface area (Å²) in [6, 6.07) is 10.6. The Morgan fingerprint density at radius 2 is 1.83 bits per heavy atom. The largest absolute Gasteiger partial charge is 0.471 e. The fraction of sp³-hybridized carbons (Fsp3) is 0.400. The molecule has 1 unspecified atom stereocenters. The average Bonchev–Trinajstić information content (AvgIpc) is 2.79. The van der Waals surface area contributed by atoms with Crippen LogP contribution in [0.4, 0.5) is 5.69 Å². The molecule has 5 heteroatoms. The van der Waals surface area contributed by atoms with Crippen molar-refractivity contribution in [3.05, 3.63) is 68.0 Å². The van der Waals surface area contributed by atoms with Gasteiger partial charge in [-0.25, -0.2) is 4.79 Å². The van der Waals surface area contributed by atoms with Crippen molar-refractivity contribution in [2.45, 2.75) is 58.4 Å². The Balaban J connectivity index is 1.58. The van der Waals surface area contributed by atoms with Gasteiger partial charge in [0.2, 0.25) is 0 Å². The zero-order valence-corrected chi connectivity index (χ0v) is 18.2. The highest BCUT2D eigenvalue weighted by Gasteiger charge is 2.27. The van der Waals surface area contributed by atoms with Gasteiger partial charge in [0, 0.05) is 16.6 Å². The summed E-state index contributed by atoms with van der Waals surface area (Å²) in [5, 5.41) is 1.55. The molecule has 0 bridgehead atoms. The van der Waals surface area contributed by atoms with Gasteiger partial charge in [0.25, 0.3) is 0 Å². The van der Waals surface area contributed by atoms with Crippen molar-refractivity contribution in [3.8, 4) is 5.75 Å². The number of halogens is 1. The lowest BCUT2D eigenvalue weighted by molar-refractivity contribution is 0.289. The summed E-state index contributed by atoms with van der Waals surface area (Å²) in [7, 11) is 0. The summed E-state index contributed by atoms with van der Waals surface area (Å²) in [5.74, 6) is 1.18. The van der Waals surface area contributed by atoms with Gasteiger partial charge < -0.3 is 14.1 Å². The maximum atomic E-state index is 12.7. The zero-order chi connectivity index (χ0) is 20.8. The smallest absolute Gasteiger partial charge is 0.339 e. The van der Waals surface area contributed by atoms with Crippen molar-refractivity contribution in [2.24, 2.45) is 0 Å². The van der Waals surface area contributed by atoms with Crippen LogP contribution < -0.4 is 15.3 Å². The van der Waals surface area contributed by atoms with Crippen LogP contribution in [-0.4, -0.2) is 6.73 Å². The second-order valence-electron chi connectivity index (χ2n) is 8.47. The lowest BCUT2D eigenvalue weighted by atomic mass is 9.89. The number of anilines is 1. The van der Waals surface area contributed by atoms with Crippen LogP contribution in [0.1, 0.15) is 61.3 Å². The Hall–Kier alpha value is -2.46. The minimum atomic E-state index is -0.211. The van der Waals surface area contributed by atoms with E-state index >= 15 is 0 Å². The molecule has 1 atom stereocenters. The number of hydrogen-bond acceptors (Lipinski definition) is 4. The molecule has 0 saturated heterocycles. The number of hydrogen-bond donors (Lipinski definition) is 0. The summed E-state index contributed by atoms with van der Waals surface area (Å²) in [6.45, 7) is 5.45. The molecule has 2 aliphatic rings. The predicted molar refractivity (Wildman–Crippen MR) is 121 cm³/mol. The van der Waals surface area contributed by atoms with Crippen LogP contribution in [-0.2, 0) is 19.4 Å². The van der Waals surface area contributed by atoms with Crippen molar-refractivity contribution >= 4 is 28.3 Å². The number of benzene rings is 2. The zero-order valence-electron chi connectivity index (χ0n) is 17.5. The fourth-order valence-electron chi connectivity index (χ4n) is 4.68. The van der Waals surface area contributed by atoms with E-state index < -0.39 is 0 Å². The Morgan fingerprint density at radius 1 is 1.10 bits per heavy atom. The van der Waals surface area contributed by atoms with Crippen LogP contribution >= 0.6 is 11.6 Å². The van der Waals surface area contributed by atoms with Crippen molar-refractivity contribution in [3.63, 3.8) is 0 Å². The minimum Gasteiger partial charge on any atom is -0.471 e. The molecule has 2 aromatic carbocycles. The third-order valence-corrected chi connectivity index (χ3v) is 6.95. The molecule has 4 nitrogen and oxygen atoms in total. The molecule has 30 heavy (non-hydrogen) atoms. The summed E-state index contributed by atoms with van der Waals surface area (Å²) in [5.41, 5.74) is 5.62.